The van der Waals surface area contributed by atoms with Gasteiger partial charge in [0, 0.05) is 24.3 Å². The van der Waals surface area contributed by atoms with Gasteiger partial charge in [-0.3, -0.25) is 0 Å². The first-order valence-electron chi connectivity index (χ1n) is 5.28. The van der Waals surface area contributed by atoms with Gasteiger partial charge in [-0.2, -0.15) is 0 Å². The number of nitrogens with zero attached hydrogens (tertiary/aromatic N) is 2. The molecule has 0 amide bonds. The molecule has 3 N–H and O–H groups in total. The van der Waals surface area contributed by atoms with Crippen LogP contribution in [0.2, 0.25) is 0 Å². The van der Waals surface area contributed by atoms with E-state index in [4.69, 9.17) is 10.9 Å². The highest BCUT2D eigenvalue weighted by Gasteiger charge is 2.13. The number of rotatable bonds is 3. The van der Waals surface area contributed by atoms with Gasteiger partial charge in [0.25, 0.3) is 0 Å². The summed E-state index contributed by atoms with van der Waals surface area (Å²) in [5.41, 5.74) is 8.49. The summed E-state index contributed by atoms with van der Waals surface area (Å²) in [6, 6.07) is 6.28. The third-order valence-corrected chi connectivity index (χ3v) is 2.69. The zero-order valence-corrected chi connectivity index (χ0v) is 10.2. The van der Waals surface area contributed by atoms with Crippen molar-refractivity contribution in [3.05, 3.63) is 29.3 Å². The van der Waals surface area contributed by atoms with Gasteiger partial charge >= 0.3 is 0 Å². The summed E-state index contributed by atoms with van der Waals surface area (Å²) >= 11 is 0. The maximum Gasteiger partial charge on any atom is 0.172 e. The molecule has 88 valence electrons. The predicted molar refractivity (Wildman–Crippen MR) is 67.2 cm³/mol. The fourth-order valence-corrected chi connectivity index (χ4v) is 1.49. The Morgan fingerprint density at radius 2 is 2.06 bits per heavy atom. The van der Waals surface area contributed by atoms with E-state index in [-0.39, 0.29) is 5.84 Å². The van der Waals surface area contributed by atoms with Crippen LogP contribution >= 0.6 is 0 Å². The third-order valence-electron chi connectivity index (χ3n) is 2.69. The van der Waals surface area contributed by atoms with Crippen molar-refractivity contribution < 1.29 is 5.21 Å². The molecule has 0 heterocycles. The summed E-state index contributed by atoms with van der Waals surface area (Å²) in [5, 5.41) is 11.8. The molecule has 0 radical (unpaired) electrons. The molecule has 4 heteroatoms. The standard InChI is InChI=1S/C12H19N3O/c1-8(2)15(4)11-6-5-9(3)7-10(11)12(13)14-16/h5-8,16H,1-4H3,(H2,13,14). The van der Waals surface area contributed by atoms with Crippen LogP contribution in [0.25, 0.3) is 0 Å². The van der Waals surface area contributed by atoms with E-state index in [9.17, 15) is 0 Å². The van der Waals surface area contributed by atoms with Crippen molar-refractivity contribution in [2.45, 2.75) is 26.8 Å². The molecule has 1 rings (SSSR count). The second-order valence-corrected chi connectivity index (χ2v) is 4.21. The molecule has 0 aliphatic rings. The maximum atomic E-state index is 8.77. The van der Waals surface area contributed by atoms with E-state index in [1.807, 2.05) is 32.2 Å². The Kier molecular flexibility index (Phi) is 3.77. The van der Waals surface area contributed by atoms with Crippen LogP contribution in [-0.4, -0.2) is 24.1 Å². The van der Waals surface area contributed by atoms with E-state index >= 15 is 0 Å². The van der Waals surface area contributed by atoms with Crippen molar-refractivity contribution in [1.82, 2.24) is 0 Å². The number of anilines is 1. The van der Waals surface area contributed by atoms with Crippen LogP contribution in [0.4, 0.5) is 5.69 Å². The molecule has 1 aromatic carbocycles. The fourth-order valence-electron chi connectivity index (χ4n) is 1.49. The minimum absolute atomic E-state index is 0.145. The molecular weight excluding hydrogens is 202 g/mol. The lowest BCUT2D eigenvalue weighted by Crippen LogP contribution is -2.28. The second kappa shape index (κ2) is 4.88. The Bertz CT molecular complexity index is 399. The number of hydrogen-bond donors (Lipinski definition) is 2. The molecule has 4 nitrogen and oxygen atoms in total. The Balaban J connectivity index is 3.28. The number of amidine groups is 1. The molecule has 0 bridgehead atoms. The first-order chi connectivity index (χ1) is 7.47. The van der Waals surface area contributed by atoms with Crippen molar-refractivity contribution in [1.29, 1.82) is 0 Å². The lowest BCUT2D eigenvalue weighted by atomic mass is 10.1. The highest BCUT2D eigenvalue weighted by molar-refractivity contribution is 6.02. The van der Waals surface area contributed by atoms with E-state index in [0.29, 0.717) is 6.04 Å². The SMILES string of the molecule is Cc1ccc(N(C)C(C)C)c(/C(N)=N/O)c1. The van der Waals surface area contributed by atoms with Gasteiger partial charge in [0.05, 0.1) is 0 Å². The normalized spacial score (nSPS) is 11.9. The lowest BCUT2D eigenvalue weighted by molar-refractivity contribution is 0.318. The van der Waals surface area contributed by atoms with E-state index in [0.717, 1.165) is 16.8 Å². The molecule has 0 unspecified atom stereocenters. The molecule has 1 aromatic rings. The molecule has 0 atom stereocenters. The molecule has 0 aliphatic heterocycles. The highest BCUT2D eigenvalue weighted by Crippen LogP contribution is 2.22. The lowest BCUT2D eigenvalue weighted by Gasteiger charge is -2.26. The smallest absolute Gasteiger partial charge is 0.172 e. The Hall–Kier alpha value is -1.71. The molecule has 0 aliphatic carbocycles. The summed E-state index contributed by atoms with van der Waals surface area (Å²) in [7, 11) is 1.99. The van der Waals surface area contributed by atoms with E-state index < -0.39 is 0 Å². The van der Waals surface area contributed by atoms with Crippen molar-refractivity contribution >= 4 is 11.5 Å². The summed E-state index contributed by atoms with van der Waals surface area (Å²) in [5.74, 6) is 0.145. The van der Waals surface area contributed by atoms with Crippen LogP contribution in [0.1, 0.15) is 25.0 Å². The molecule has 0 aromatic heterocycles. The minimum Gasteiger partial charge on any atom is -0.409 e. The third kappa shape index (κ3) is 2.45. The summed E-state index contributed by atoms with van der Waals surface area (Å²) < 4.78 is 0. The first kappa shape index (κ1) is 12.4. The largest absolute Gasteiger partial charge is 0.409 e. The van der Waals surface area contributed by atoms with Crippen LogP contribution in [-0.2, 0) is 0 Å². The molecule has 16 heavy (non-hydrogen) atoms. The second-order valence-electron chi connectivity index (χ2n) is 4.21. The quantitative estimate of drug-likeness (QED) is 0.355. The van der Waals surface area contributed by atoms with Crippen molar-refractivity contribution in [2.75, 3.05) is 11.9 Å². The molecule has 0 spiro atoms. The van der Waals surface area contributed by atoms with Gasteiger partial charge < -0.3 is 15.8 Å². The highest BCUT2D eigenvalue weighted by atomic mass is 16.4. The number of nitrogens with two attached hydrogens (primary N) is 1. The topological polar surface area (TPSA) is 61.8 Å². The summed E-state index contributed by atoms with van der Waals surface area (Å²) in [6.07, 6.45) is 0. The number of oxime groups is 1. The van der Waals surface area contributed by atoms with Gasteiger partial charge in [0.2, 0.25) is 0 Å². The van der Waals surface area contributed by atoms with Gasteiger partial charge in [-0.25, -0.2) is 0 Å². The van der Waals surface area contributed by atoms with Gasteiger partial charge in [0.15, 0.2) is 5.84 Å². The van der Waals surface area contributed by atoms with Crippen molar-refractivity contribution in [3.8, 4) is 0 Å². The van der Waals surface area contributed by atoms with Crippen molar-refractivity contribution in [2.24, 2.45) is 10.9 Å². The number of benzene rings is 1. The van der Waals surface area contributed by atoms with Gasteiger partial charge in [-0.15, -0.1) is 0 Å². The average Bonchev–Trinajstić information content (AvgIpc) is 2.26. The van der Waals surface area contributed by atoms with Crippen LogP contribution in [0.15, 0.2) is 23.4 Å². The van der Waals surface area contributed by atoms with Crippen LogP contribution < -0.4 is 10.6 Å². The van der Waals surface area contributed by atoms with Gasteiger partial charge in [-0.1, -0.05) is 16.8 Å². The molecular formula is C12H19N3O. The van der Waals surface area contributed by atoms with Crippen LogP contribution in [0, 0.1) is 6.92 Å². The monoisotopic (exact) mass is 221 g/mol. The van der Waals surface area contributed by atoms with Gasteiger partial charge in [-0.05, 0) is 32.9 Å². The molecule has 0 saturated heterocycles. The zero-order chi connectivity index (χ0) is 12.3. The fraction of sp³-hybridized carbons (Fsp3) is 0.417. The van der Waals surface area contributed by atoms with Crippen molar-refractivity contribution in [3.63, 3.8) is 0 Å². The van der Waals surface area contributed by atoms with Crippen LogP contribution in [0.5, 0.6) is 0 Å². The molecule has 0 fully saturated rings. The summed E-state index contributed by atoms with van der Waals surface area (Å²) in [6.45, 7) is 6.17. The van der Waals surface area contributed by atoms with E-state index in [1.54, 1.807) is 0 Å². The van der Waals surface area contributed by atoms with Gasteiger partial charge in [0.1, 0.15) is 0 Å². The number of aryl methyl sites for hydroxylation is 1. The Morgan fingerprint density at radius 1 is 1.44 bits per heavy atom. The molecule has 0 saturated carbocycles. The number of hydrogen-bond acceptors (Lipinski definition) is 3. The maximum absolute atomic E-state index is 8.77. The summed E-state index contributed by atoms with van der Waals surface area (Å²) in [4.78, 5) is 2.09. The minimum atomic E-state index is 0.145. The zero-order valence-electron chi connectivity index (χ0n) is 10.2. The Morgan fingerprint density at radius 3 is 2.56 bits per heavy atom. The van der Waals surface area contributed by atoms with E-state index in [1.165, 1.54) is 0 Å². The Labute approximate surface area is 96.4 Å². The average molecular weight is 221 g/mol. The first-order valence-corrected chi connectivity index (χ1v) is 5.28. The predicted octanol–water partition coefficient (Wildman–Crippen LogP) is 1.93. The van der Waals surface area contributed by atoms with Crippen LogP contribution in [0.3, 0.4) is 0 Å². The van der Waals surface area contributed by atoms with E-state index in [2.05, 4.69) is 23.9 Å².